The third kappa shape index (κ3) is 7.52. The predicted molar refractivity (Wildman–Crippen MR) is 144 cm³/mol. The highest BCUT2D eigenvalue weighted by Gasteiger charge is 2.35. The molecule has 0 saturated heterocycles. The number of nitrogens with one attached hydrogen (secondary N) is 1. The maximum atomic E-state index is 13.9. The van der Waals surface area contributed by atoms with Gasteiger partial charge >= 0.3 is 13.7 Å². The summed E-state index contributed by atoms with van der Waals surface area (Å²) in [6.45, 7) is -1.39. The van der Waals surface area contributed by atoms with Gasteiger partial charge in [0.15, 0.2) is 11.2 Å². The molecule has 14 nitrogen and oxygen atoms in total. The van der Waals surface area contributed by atoms with Gasteiger partial charge in [-0.1, -0.05) is 48.5 Å². The topological polar surface area (TPSA) is 184 Å². The number of benzene rings is 2. The molecule has 0 radical (unpaired) electrons. The van der Waals surface area contributed by atoms with Crippen molar-refractivity contribution in [1.29, 1.82) is 0 Å². The second-order valence-corrected chi connectivity index (χ2v) is 10.6. The highest BCUT2D eigenvalue weighted by molar-refractivity contribution is 7.51. The van der Waals surface area contributed by atoms with Crippen LogP contribution in [0, 0.1) is 0 Å². The molecule has 0 aliphatic carbocycles. The molecule has 0 aliphatic rings. The van der Waals surface area contributed by atoms with E-state index in [-0.39, 0.29) is 42.8 Å². The van der Waals surface area contributed by atoms with Crippen molar-refractivity contribution in [3.8, 4) is 5.75 Å². The molecule has 2 heterocycles. The van der Waals surface area contributed by atoms with Crippen molar-refractivity contribution < 1.29 is 33.0 Å². The van der Waals surface area contributed by atoms with Gasteiger partial charge in [0.25, 0.3) is 5.56 Å². The number of rotatable bonds is 14. The lowest BCUT2D eigenvalue weighted by Gasteiger charge is -2.28. The third-order valence-electron chi connectivity index (χ3n) is 5.55. The first-order chi connectivity index (χ1) is 19.3. The molecule has 0 fully saturated rings. The molecule has 0 amide bonds. The van der Waals surface area contributed by atoms with Crippen molar-refractivity contribution in [2.24, 2.45) is 0 Å². The quantitative estimate of drug-likeness (QED) is 0.148. The Labute approximate surface area is 228 Å². The van der Waals surface area contributed by atoms with Gasteiger partial charge in [-0.3, -0.25) is 23.7 Å². The fourth-order valence-corrected chi connectivity index (χ4v) is 4.87. The zero-order valence-electron chi connectivity index (χ0n) is 21.6. The predicted octanol–water partition coefficient (Wildman–Crippen LogP) is 1.92. The minimum Gasteiger partial charge on any atom is -0.460 e. The van der Waals surface area contributed by atoms with Gasteiger partial charge in [-0.2, -0.15) is 9.65 Å². The molecule has 2 unspecified atom stereocenters. The van der Waals surface area contributed by atoms with E-state index in [0.29, 0.717) is 0 Å². The summed E-state index contributed by atoms with van der Waals surface area (Å²) in [4.78, 5) is 34.9. The number of H-pyrrole nitrogens is 1. The van der Waals surface area contributed by atoms with E-state index in [0.717, 1.165) is 10.2 Å². The molecule has 4 aromatic rings. The summed E-state index contributed by atoms with van der Waals surface area (Å²) in [5.41, 5.74) is 6.16. The van der Waals surface area contributed by atoms with E-state index in [9.17, 15) is 19.3 Å². The molecule has 4 N–H and O–H groups in total. The monoisotopic (exact) mass is 572 g/mol. The highest BCUT2D eigenvalue weighted by Crippen LogP contribution is 2.51. The molecule has 2 aromatic heterocycles. The van der Waals surface area contributed by atoms with Crippen LogP contribution in [0.2, 0.25) is 0 Å². The van der Waals surface area contributed by atoms with Crippen LogP contribution in [0.1, 0.15) is 5.56 Å². The lowest BCUT2D eigenvalue weighted by molar-refractivity contribution is -0.145. The summed E-state index contributed by atoms with van der Waals surface area (Å²) in [5.74, 6) is -0.489. The fraction of sp³-hybridized carbons (Fsp3) is 0.280. The molecular weight excluding hydrogens is 543 g/mol. The van der Waals surface area contributed by atoms with Crippen molar-refractivity contribution in [3.05, 3.63) is 82.9 Å². The van der Waals surface area contributed by atoms with Gasteiger partial charge in [-0.05, 0) is 24.7 Å². The van der Waals surface area contributed by atoms with E-state index in [1.165, 1.54) is 17.9 Å². The average Bonchev–Trinajstić information content (AvgIpc) is 3.36. The summed E-state index contributed by atoms with van der Waals surface area (Å²) < 4.78 is 38.7. The Morgan fingerprint density at radius 1 is 1.18 bits per heavy atom. The van der Waals surface area contributed by atoms with Crippen molar-refractivity contribution in [2.45, 2.75) is 19.4 Å². The minimum atomic E-state index is -4.14. The largest absolute Gasteiger partial charge is 0.461 e. The molecule has 0 spiro atoms. The van der Waals surface area contributed by atoms with E-state index in [4.69, 9.17) is 24.3 Å². The second kappa shape index (κ2) is 13.3. The Morgan fingerprint density at radius 2 is 1.88 bits per heavy atom. The summed E-state index contributed by atoms with van der Waals surface area (Å²) >= 11 is 0. The van der Waals surface area contributed by atoms with Crippen LogP contribution in [0.5, 0.6) is 5.75 Å². The molecule has 2 atom stereocenters. The van der Waals surface area contributed by atoms with Crippen molar-refractivity contribution in [2.75, 3.05) is 32.5 Å². The van der Waals surface area contributed by atoms with E-state index < -0.39 is 38.5 Å². The molecule has 0 saturated carbocycles. The maximum absolute atomic E-state index is 13.9. The molecule has 15 heteroatoms. The van der Waals surface area contributed by atoms with Crippen LogP contribution in [-0.4, -0.2) is 68.2 Å². The molecule has 4 rings (SSSR count). The number of anilines is 1. The Hall–Kier alpha value is -4.07. The number of aromatic nitrogens is 4. The number of aliphatic hydroxyl groups is 1. The van der Waals surface area contributed by atoms with Crippen molar-refractivity contribution in [1.82, 2.24) is 24.2 Å². The number of esters is 1. The highest BCUT2D eigenvalue weighted by atomic mass is 31.2. The van der Waals surface area contributed by atoms with Gasteiger partial charge in [-0.25, -0.2) is 9.55 Å². The van der Waals surface area contributed by atoms with Crippen LogP contribution < -0.4 is 15.8 Å². The van der Waals surface area contributed by atoms with Crippen LogP contribution in [0.25, 0.3) is 11.2 Å². The molecule has 2 aromatic carbocycles. The van der Waals surface area contributed by atoms with Crippen molar-refractivity contribution >= 4 is 30.8 Å². The Morgan fingerprint density at radius 3 is 2.58 bits per heavy atom. The number of nitrogen functional groups attached to an aromatic ring is 1. The lowest BCUT2D eigenvalue weighted by Crippen LogP contribution is -2.31. The number of carbonyl (C=O) groups excluding carboxylic acids is 1. The number of para-hydroxylation sites is 1. The number of ether oxygens (including phenoxy) is 2. The summed E-state index contributed by atoms with van der Waals surface area (Å²) in [5, 5.41) is 9.87. The fourth-order valence-electron chi connectivity index (χ4n) is 3.45. The number of likely N-dealkylation sites (N-methyl/N-ethyl adjacent to an activating group) is 1. The molecular formula is C25H29N6O8P. The SMILES string of the molecule is CN(CC(=O)OCc1ccccc1)P(=O)(OCC(CO)OCn1cnc2c(=O)[nH]c(N)nc21)Oc1ccccc1. The van der Waals surface area contributed by atoms with Crippen LogP contribution >= 0.6 is 7.75 Å². The Kier molecular flexibility index (Phi) is 9.64. The summed E-state index contributed by atoms with van der Waals surface area (Å²) in [6.07, 6.45) is 0.364. The number of hydrogen-bond acceptors (Lipinski definition) is 11. The van der Waals surface area contributed by atoms with Crippen LogP contribution in [-0.2, 0) is 36.7 Å². The van der Waals surface area contributed by atoms with Gasteiger partial charge in [-0.15, -0.1) is 0 Å². The van der Waals surface area contributed by atoms with E-state index in [2.05, 4.69) is 15.0 Å². The number of hydrogen-bond donors (Lipinski definition) is 3. The van der Waals surface area contributed by atoms with Gasteiger partial charge in [0.1, 0.15) is 31.7 Å². The number of nitrogens with zero attached hydrogens (tertiary/aromatic N) is 4. The summed E-state index contributed by atoms with van der Waals surface area (Å²) in [7, 11) is -2.74. The number of aliphatic hydroxyl groups excluding tert-OH is 1. The minimum absolute atomic E-state index is 0.0496. The van der Waals surface area contributed by atoms with Gasteiger partial charge < -0.3 is 24.8 Å². The molecule has 40 heavy (non-hydrogen) atoms. The first-order valence-corrected chi connectivity index (χ1v) is 13.6. The van der Waals surface area contributed by atoms with Gasteiger partial charge in [0.05, 0.1) is 19.5 Å². The zero-order chi connectivity index (χ0) is 28.5. The van der Waals surface area contributed by atoms with Crippen LogP contribution in [0.4, 0.5) is 5.95 Å². The normalized spacial score (nSPS) is 13.7. The number of imidazole rings is 1. The van der Waals surface area contributed by atoms with E-state index in [1.54, 1.807) is 30.3 Å². The van der Waals surface area contributed by atoms with Crippen LogP contribution in [0.15, 0.2) is 71.8 Å². The maximum Gasteiger partial charge on any atom is 0.461 e. The van der Waals surface area contributed by atoms with E-state index >= 15 is 0 Å². The Balaban J connectivity index is 1.41. The number of aromatic amines is 1. The zero-order valence-corrected chi connectivity index (χ0v) is 22.5. The number of fused-ring (bicyclic) bond motifs is 1. The smallest absolute Gasteiger partial charge is 0.460 e. The third-order valence-corrected chi connectivity index (χ3v) is 7.45. The lowest BCUT2D eigenvalue weighted by atomic mass is 10.2. The van der Waals surface area contributed by atoms with E-state index in [1.807, 2.05) is 30.3 Å². The number of nitrogens with two attached hydrogens (primary N) is 1. The molecule has 0 aliphatic heterocycles. The van der Waals surface area contributed by atoms with Crippen molar-refractivity contribution in [3.63, 3.8) is 0 Å². The molecule has 212 valence electrons. The first-order valence-electron chi connectivity index (χ1n) is 12.1. The molecule has 0 bridgehead atoms. The average molecular weight is 573 g/mol. The number of carbonyl (C=O) groups is 1. The first kappa shape index (κ1) is 28.9. The van der Waals surface area contributed by atoms with Gasteiger partial charge in [0, 0.05) is 0 Å². The summed E-state index contributed by atoms with van der Waals surface area (Å²) in [6, 6.07) is 17.4. The Bertz CT molecular complexity index is 1510. The van der Waals surface area contributed by atoms with Gasteiger partial charge in [0.2, 0.25) is 5.95 Å². The van der Waals surface area contributed by atoms with Crippen LogP contribution in [0.3, 0.4) is 0 Å². The second-order valence-electron chi connectivity index (χ2n) is 8.57. The standard InChI is InChI=1S/C25H29N6O8P/c1-30(12-21(33)36-14-18-8-4-2-5-9-18)40(35,39-19-10-6-3-7-11-19)38-15-20(13-32)37-17-31-16-27-22-23(31)28-25(26)29-24(22)34/h2-11,16,20,32H,12-15,17H2,1H3,(H3,26,28,29,34).